The van der Waals surface area contributed by atoms with E-state index in [2.05, 4.69) is 11.9 Å². The zero-order valence-corrected chi connectivity index (χ0v) is 12.1. The average molecular weight is 265 g/mol. The standard InChI is InChI=1S/C15H24FN3/c1-11(17)13-4-5-15(14(16)8-13)19(3)10-12-6-7-18(2)9-12/h4-5,8,11-12H,6-7,9-10,17H2,1-3H3/t11-,12?/m1/s1. The molecular weight excluding hydrogens is 241 g/mol. The van der Waals surface area contributed by atoms with Gasteiger partial charge in [0.1, 0.15) is 5.82 Å². The van der Waals surface area contributed by atoms with Crippen molar-refractivity contribution >= 4 is 5.69 Å². The van der Waals surface area contributed by atoms with Gasteiger partial charge in [-0.25, -0.2) is 4.39 Å². The van der Waals surface area contributed by atoms with Crippen molar-refractivity contribution in [3.63, 3.8) is 0 Å². The van der Waals surface area contributed by atoms with Gasteiger partial charge in [-0.2, -0.15) is 0 Å². The van der Waals surface area contributed by atoms with Crippen LogP contribution in [-0.4, -0.2) is 38.6 Å². The fraction of sp³-hybridized carbons (Fsp3) is 0.600. The van der Waals surface area contributed by atoms with Crippen LogP contribution in [0, 0.1) is 11.7 Å². The Labute approximate surface area is 115 Å². The molecule has 106 valence electrons. The Kier molecular flexibility index (Phi) is 4.42. The van der Waals surface area contributed by atoms with Gasteiger partial charge in [-0.1, -0.05) is 6.07 Å². The van der Waals surface area contributed by atoms with E-state index >= 15 is 0 Å². The molecule has 2 N–H and O–H groups in total. The average Bonchev–Trinajstić information content (AvgIpc) is 2.74. The topological polar surface area (TPSA) is 32.5 Å². The second-order valence-electron chi connectivity index (χ2n) is 5.80. The molecule has 1 heterocycles. The molecule has 19 heavy (non-hydrogen) atoms. The van der Waals surface area contributed by atoms with Gasteiger partial charge in [-0.05, 0) is 50.6 Å². The lowest BCUT2D eigenvalue weighted by Crippen LogP contribution is -2.28. The summed E-state index contributed by atoms with van der Waals surface area (Å²) in [6.45, 7) is 5.01. The molecule has 0 bridgehead atoms. The van der Waals surface area contributed by atoms with Gasteiger partial charge in [0.05, 0.1) is 5.69 Å². The molecule has 0 amide bonds. The smallest absolute Gasteiger partial charge is 0.146 e. The van der Waals surface area contributed by atoms with Crippen molar-refractivity contribution in [1.29, 1.82) is 0 Å². The third kappa shape index (κ3) is 3.45. The number of halogens is 1. The van der Waals surface area contributed by atoms with Crippen LogP contribution in [0.1, 0.15) is 24.9 Å². The molecule has 2 atom stereocenters. The Morgan fingerprint density at radius 1 is 1.53 bits per heavy atom. The summed E-state index contributed by atoms with van der Waals surface area (Å²) < 4.78 is 14.1. The van der Waals surface area contributed by atoms with E-state index in [4.69, 9.17) is 5.73 Å². The number of anilines is 1. The van der Waals surface area contributed by atoms with Gasteiger partial charge >= 0.3 is 0 Å². The lowest BCUT2D eigenvalue weighted by molar-refractivity contribution is 0.395. The Bertz CT molecular complexity index is 433. The van der Waals surface area contributed by atoms with Crippen LogP contribution in [0.5, 0.6) is 0 Å². The van der Waals surface area contributed by atoms with Crippen LogP contribution >= 0.6 is 0 Å². The third-order valence-corrected chi connectivity index (χ3v) is 3.93. The van der Waals surface area contributed by atoms with Crippen LogP contribution < -0.4 is 10.6 Å². The molecule has 1 saturated heterocycles. The molecule has 1 aromatic carbocycles. The van der Waals surface area contributed by atoms with Crippen LogP contribution in [0.3, 0.4) is 0 Å². The van der Waals surface area contributed by atoms with E-state index in [9.17, 15) is 4.39 Å². The first kappa shape index (κ1) is 14.3. The predicted molar refractivity (Wildman–Crippen MR) is 77.9 cm³/mol. The molecule has 1 unspecified atom stereocenters. The zero-order valence-electron chi connectivity index (χ0n) is 12.1. The Morgan fingerprint density at radius 3 is 2.79 bits per heavy atom. The molecule has 4 heteroatoms. The van der Waals surface area contributed by atoms with Crippen molar-refractivity contribution in [1.82, 2.24) is 4.90 Å². The van der Waals surface area contributed by atoms with Crippen LogP contribution in [0.4, 0.5) is 10.1 Å². The van der Waals surface area contributed by atoms with Gasteiger partial charge in [-0.3, -0.25) is 0 Å². The van der Waals surface area contributed by atoms with Crippen LogP contribution in [0.15, 0.2) is 18.2 Å². The summed E-state index contributed by atoms with van der Waals surface area (Å²) in [5.74, 6) is 0.450. The normalized spacial score (nSPS) is 21.6. The Hall–Kier alpha value is -1.13. The first-order valence-electron chi connectivity index (χ1n) is 6.92. The maximum Gasteiger partial charge on any atom is 0.146 e. The van der Waals surface area contributed by atoms with Gasteiger partial charge < -0.3 is 15.5 Å². The van der Waals surface area contributed by atoms with Gasteiger partial charge in [0.2, 0.25) is 0 Å². The summed E-state index contributed by atoms with van der Waals surface area (Å²) in [7, 11) is 4.10. The van der Waals surface area contributed by atoms with Crippen molar-refractivity contribution in [2.24, 2.45) is 11.7 Å². The maximum absolute atomic E-state index is 14.1. The number of nitrogens with two attached hydrogens (primary N) is 1. The zero-order chi connectivity index (χ0) is 14.0. The molecule has 1 aromatic rings. The summed E-state index contributed by atoms with van der Waals surface area (Å²) in [5, 5.41) is 0. The van der Waals surface area contributed by atoms with Crippen LogP contribution in [-0.2, 0) is 0 Å². The highest BCUT2D eigenvalue weighted by atomic mass is 19.1. The van der Waals surface area contributed by atoms with E-state index in [1.54, 1.807) is 6.07 Å². The fourth-order valence-electron chi connectivity index (χ4n) is 2.78. The number of nitrogens with zero attached hydrogens (tertiary/aromatic N) is 2. The molecule has 2 rings (SSSR count). The van der Waals surface area contributed by atoms with Gasteiger partial charge in [-0.15, -0.1) is 0 Å². The van der Waals surface area contributed by atoms with Crippen LogP contribution in [0.2, 0.25) is 0 Å². The van der Waals surface area contributed by atoms with E-state index in [1.165, 1.54) is 6.42 Å². The van der Waals surface area contributed by atoms with E-state index in [0.29, 0.717) is 11.6 Å². The minimum Gasteiger partial charge on any atom is -0.372 e. The van der Waals surface area contributed by atoms with E-state index in [-0.39, 0.29) is 11.9 Å². The van der Waals surface area contributed by atoms with Gasteiger partial charge in [0.25, 0.3) is 0 Å². The number of benzene rings is 1. The van der Waals surface area contributed by atoms with Crippen molar-refractivity contribution in [2.75, 3.05) is 38.6 Å². The fourth-order valence-corrected chi connectivity index (χ4v) is 2.78. The van der Waals surface area contributed by atoms with Crippen molar-refractivity contribution in [3.8, 4) is 0 Å². The highest BCUT2D eigenvalue weighted by molar-refractivity contribution is 5.49. The molecule has 0 aliphatic carbocycles. The predicted octanol–water partition coefficient (Wildman–Crippen LogP) is 2.23. The largest absolute Gasteiger partial charge is 0.372 e. The van der Waals surface area contributed by atoms with Crippen molar-refractivity contribution < 1.29 is 4.39 Å². The summed E-state index contributed by atoms with van der Waals surface area (Å²) in [6, 6.07) is 5.18. The number of rotatable bonds is 4. The molecule has 0 saturated carbocycles. The SMILES string of the molecule is C[C@@H](N)c1ccc(N(C)CC2CCN(C)C2)c(F)c1. The third-order valence-electron chi connectivity index (χ3n) is 3.93. The first-order valence-corrected chi connectivity index (χ1v) is 6.92. The minimum absolute atomic E-state index is 0.127. The molecule has 1 aliphatic rings. The summed E-state index contributed by atoms with van der Waals surface area (Å²) in [5.41, 5.74) is 7.28. The molecule has 3 nitrogen and oxygen atoms in total. The van der Waals surface area contributed by atoms with E-state index in [0.717, 1.165) is 25.2 Å². The highest BCUT2D eigenvalue weighted by Crippen LogP contribution is 2.24. The lowest BCUT2D eigenvalue weighted by atomic mass is 10.1. The minimum atomic E-state index is -0.177. The quantitative estimate of drug-likeness (QED) is 0.906. The van der Waals surface area contributed by atoms with E-state index in [1.807, 2.05) is 31.0 Å². The van der Waals surface area contributed by atoms with Crippen molar-refractivity contribution in [3.05, 3.63) is 29.6 Å². The number of likely N-dealkylation sites (tertiary alicyclic amines) is 1. The first-order chi connectivity index (χ1) is 8.97. The number of hydrogen-bond acceptors (Lipinski definition) is 3. The molecule has 0 spiro atoms. The van der Waals surface area contributed by atoms with Gasteiger partial charge in [0.15, 0.2) is 0 Å². The molecule has 1 fully saturated rings. The second kappa shape index (κ2) is 5.88. The number of hydrogen-bond donors (Lipinski definition) is 1. The van der Waals surface area contributed by atoms with Crippen molar-refractivity contribution in [2.45, 2.75) is 19.4 Å². The Balaban J connectivity index is 2.04. The second-order valence-corrected chi connectivity index (χ2v) is 5.80. The molecule has 1 aliphatic heterocycles. The Morgan fingerprint density at radius 2 is 2.26 bits per heavy atom. The lowest BCUT2D eigenvalue weighted by Gasteiger charge is -2.24. The van der Waals surface area contributed by atoms with Crippen LogP contribution in [0.25, 0.3) is 0 Å². The van der Waals surface area contributed by atoms with Gasteiger partial charge in [0, 0.05) is 26.2 Å². The monoisotopic (exact) mass is 265 g/mol. The maximum atomic E-state index is 14.1. The molecule has 0 radical (unpaired) electrons. The summed E-state index contributed by atoms with van der Waals surface area (Å²) >= 11 is 0. The summed E-state index contributed by atoms with van der Waals surface area (Å²) in [4.78, 5) is 4.35. The molecule has 0 aromatic heterocycles. The molecular formula is C15H24FN3. The van der Waals surface area contributed by atoms with E-state index < -0.39 is 0 Å². The summed E-state index contributed by atoms with van der Waals surface area (Å²) in [6.07, 6.45) is 1.19. The highest BCUT2D eigenvalue weighted by Gasteiger charge is 2.21.